The molecule has 2 aliphatic rings. The normalized spacial score (nSPS) is 20.3. The molecule has 0 aromatic heterocycles. The van der Waals surface area contributed by atoms with E-state index in [0.717, 1.165) is 32.1 Å². The monoisotopic (exact) mass is 422 g/mol. The van der Waals surface area contributed by atoms with Gasteiger partial charge in [0.1, 0.15) is 0 Å². The van der Waals surface area contributed by atoms with Crippen LogP contribution in [-0.2, 0) is 6.42 Å². The van der Waals surface area contributed by atoms with Gasteiger partial charge in [-0.1, -0.05) is 6.07 Å². The van der Waals surface area contributed by atoms with E-state index in [0.29, 0.717) is 29.0 Å². The summed E-state index contributed by atoms with van der Waals surface area (Å²) in [5.41, 5.74) is 1.48. The van der Waals surface area contributed by atoms with E-state index in [2.05, 4.69) is 0 Å². The van der Waals surface area contributed by atoms with E-state index >= 15 is 0 Å². The molecule has 0 saturated heterocycles. The van der Waals surface area contributed by atoms with Crippen molar-refractivity contribution in [3.8, 4) is 17.2 Å². The van der Waals surface area contributed by atoms with Crippen LogP contribution in [0.15, 0.2) is 18.2 Å². The topological polar surface area (TPSA) is 18.5 Å². The van der Waals surface area contributed by atoms with Gasteiger partial charge in [-0.05, 0) is 75.0 Å². The summed E-state index contributed by atoms with van der Waals surface area (Å²) in [5, 5.41) is 0. The fourth-order valence-corrected chi connectivity index (χ4v) is 4.75. The standard InChI is InChI=1S/C24H26F4O2/c1-2-29-19-10-9-16-12-17-13-18(15-7-5-14(6-8-15)4-3-11-25)20(26)22(28)24(17)30-23(16)21(19)27/h9-10,13-15H,2-8,11-12H2,1H3. The highest BCUT2D eigenvalue weighted by Gasteiger charge is 2.32. The second-order valence-corrected chi connectivity index (χ2v) is 8.21. The molecule has 2 aromatic rings. The van der Waals surface area contributed by atoms with Crippen molar-refractivity contribution in [3.63, 3.8) is 0 Å². The van der Waals surface area contributed by atoms with Gasteiger partial charge < -0.3 is 9.47 Å². The van der Waals surface area contributed by atoms with Crippen LogP contribution in [-0.4, -0.2) is 13.3 Å². The summed E-state index contributed by atoms with van der Waals surface area (Å²) >= 11 is 0. The Morgan fingerprint density at radius 2 is 1.70 bits per heavy atom. The third kappa shape index (κ3) is 3.88. The van der Waals surface area contributed by atoms with Gasteiger partial charge in [0.15, 0.2) is 23.1 Å². The molecular formula is C24H26F4O2. The lowest BCUT2D eigenvalue weighted by Crippen LogP contribution is -2.17. The number of alkyl halides is 1. The zero-order chi connectivity index (χ0) is 21.3. The minimum Gasteiger partial charge on any atom is -0.491 e. The first-order chi connectivity index (χ1) is 14.5. The maximum atomic E-state index is 14.9. The van der Waals surface area contributed by atoms with Gasteiger partial charge in [0, 0.05) is 17.5 Å². The molecule has 0 amide bonds. The molecular weight excluding hydrogens is 396 g/mol. The molecule has 2 aromatic carbocycles. The van der Waals surface area contributed by atoms with Crippen LogP contribution in [0, 0.1) is 23.4 Å². The number of hydrogen-bond donors (Lipinski definition) is 0. The summed E-state index contributed by atoms with van der Waals surface area (Å²) in [4.78, 5) is 0. The summed E-state index contributed by atoms with van der Waals surface area (Å²) in [6.07, 6.45) is 5.00. The number of ether oxygens (including phenoxy) is 2. The van der Waals surface area contributed by atoms with Crippen molar-refractivity contribution in [1.29, 1.82) is 0 Å². The van der Waals surface area contributed by atoms with E-state index < -0.39 is 17.5 Å². The van der Waals surface area contributed by atoms with Crippen LogP contribution in [0.25, 0.3) is 0 Å². The SMILES string of the molecule is CCOc1ccc2c(c1F)Oc1c(cc(C3CCC(CCCF)CC3)c(F)c1F)C2. The Morgan fingerprint density at radius 1 is 0.967 bits per heavy atom. The Bertz CT molecular complexity index is 920. The molecule has 0 spiro atoms. The van der Waals surface area contributed by atoms with Crippen molar-refractivity contribution < 1.29 is 27.0 Å². The van der Waals surface area contributed by atoms with Gasteiger partial charge >= 0.3 is 0 Å². The molecule has 1 aliphatic carbocycles. The number of fused-ring (bicyclic) bond motifs is 2. The highest BCUT2D eigenvalue weighted by Crippen LogP contribution is 2.46. The van der Waals surface area contributed by atoms with E-state index in [1.54, 1.807) is 19.1 Å². The second-order valence-electron chi connectivity index (χ2n) is 8.21. The van der Waals surface area contributed by atoms with Gasteiger partial charge in [0.05, 0.1) is 13.3 Å². The third-order valence-electron chi connectivity index (χ3n) is 6.33. The first kappa shape index (κ1) is 21.0. The quantitative estimate of drug-likeness (QED) is 0.390. The molecule has 1 aliphatic heterocycles. The van der Waals surface area contributed by atoms with E-state index in [9.17, 15) is 17.6 Å². The summed E-state index contributed by atoms with van der Waals surface area (Å²) in [6, 6.07) is 4.91. The van der Waals surface area contributed by atoms with Gasteiger partial charge in [-0.2, -0.15) is 8.78 Å². The molecule has 0 bridgehead atoms. The Labute approximate surface area is 174 Å². The molecule has 0 N–H and O–H groups in total. The lowest BCUT2D eigenvalue weighted by molar-refractivity contribution is 0.287. The molecule has 1 heterocycles. The summed E-state index contributed by atoms with van der Waals surface area (Å²) in [6.45, 7) is 1.72. The number of halogens is 4. The first-order valence-electron chi connectivity index (χ1n) is 10.7. The lowest BCUT2D eigenvalue weighted by Gasteiger charge is -2.30. The van der Waals surface area contributed by atoms with Crippen molar-refractivity contribution in [1.82, 2.24) is 0 Å². The molecule has 0 radical (unpaired) electrons. The number of rotatable bonds is 6. The van der Waals surface area contributed by atoms with Crippen molar-refractivity contribution in [2.75, 3.05) is 13.3 Å². The summed E-state index contributed by atoms with van der Waals surface area (Å²) < 4.78 is 67.7. The molecule has 1 fully saturated rings. The van der Waals surface area contributed by atoms with Crippen LogP contribution in [0.5, 0.6) is 17.2 Å². The van der Waals surface area contributed by atoms with Gasteiger partial charge in [0.2, 0.25) is 11.6 Å². The Morgan fingerprint density at radius 3 is 2.40 bits per heavy atom. The maximum absolute atomic E-state index is 14.9. The lowest BCUT2D eigenvalue weighted by atomic mass is 9.76. The van der Waals surface area contributed by atoms with Crippen LogP contribution in [0.1, 0.15) is 68.1 Å². The third-order valence-corrected chi connectivity index (χ3v) is 6.33. The first-order valence-corrected chi connectivity index (χ1v) is 10.7. The van der Waals surface area contributed by atoms with Crippen molar-refractivity contribution in [2.24, 2.45) is 5.92 Å². The fourth-order valence-electron chi connectivity index (χ4n) is 4.75. The Hall–Kier alpha value is -2.24. The smallest absolute Gasteiger partial charge is 0.207 e. The van der Waals surface area contributed by atoms with Crippen molar-refractivity contribution >= 4 is 0 Å². The largest absolute Gasteiger partial charge is 0.491 e. The molecule has 162 valence electrons. The summed E-state index contributed by atoms with van der Waals surface area (Å²) in [5.74, 6) is -2.59. The summed E-state index contributed by atoms with van der Waals surface area (Å²) in [7, 11) is 0. The highest BCUT2D eigenvalue weighted by atomic mass is 19.2. The highest BCUT2D eigenvalue weighted by molar-refractivity contribution is 5.55. The van der Waals surface area contributed by atoms with Gasteiger partial charge in [0.25, 0.3) is 0 Å². The van der Waals surface area contributed by atoms with E-state index in [-0.39, 0.29) is 42.9 Å². The predicted octanol–water partition coefficient (Wildman–Crippen LogP) is 7.22. The molecule has 0 unspecified atom stereocenters. The second kappa shape index (κ2) is 8.86. The minimum absolute atomic E-state index is 0.0294. The maximum Gasteiger partial charge on any atom is 0.207 e. The predicted molar refractivity (Wildman–Crippen MR) is 107 cm³/mol. The fraction of sp³-hybridized carbons (Fsp3) is 0.500. The van der Waals surface area contributed by atoms with Crippen LogP contribution < -0.4 is 9.47 Å². The van der Waals surface area contributed by atoms with Crippen LogP contribution >= 0.6 is 0 Å². The van der Waals surface area contributed by atoms with E-state index in [1.807, 2.05) is 0 Å². The molecule has 0 atom stereocenters. The van der Waals surface area contributed by atoms with Crippen LogP contribution in [0.2, 0.25) is 0 Å². The molecule has 2 nitrogen and oxygen atoms in total. The van der Waals surface area contributed by atoms with E-state index in [1.165, 1.54) is 6.07 Å². The molecule has 30 heavy (non-hydrogen) atoms. The van der Waals surface area contributed by atoms with Gasteiger partial charge in [-0.3, -0.25) is 4.39 Å². The molecule has 6 heteroatoms. The molecule has 1 saturated carbocycles. The van der Waals surface area contributed by atoms with Crippen LogP contribution in [0.4, 0.5) is 17.6 Å². The Kier molecular flexibility index (Phi) is 6.21. The zero-order valence-corrected chi connectivity index (χ0v) is 17.1. The zero-order valence-electron chi connectivity index (χ0n) is 17.1. The Balaban J connectivity index is 1.59. The van der Waals surface area contributed by atoms with Crippen molar-refractivity contribution in [3.05, 3.63) is 52.3 Å². The molecule has 4 rings (SSSR count). The van der Waals surface area contributed by atoms with E-state index in [4.69, 9.17) is 9.47 Å². The van der Waals surface area contributed by atoms with Gasteiger partial charge in [-0.15, -0.1) is 0 Å². The average molecular weight is 422 g/mol. The number of benzene rings is 2. The van der Waals surface area contributed by atoms with Crippen molar-refractivity contribution in [2.45, 2.75) is 57.8 Å². The number of hydrogen-bond acceptors (Lipinski definition) is 2. The minimum atomic E-state index is -1.06. The van der Waals surface area contributed by atoms with Crippen LogP contribution in [0.3, 0.4) is 0 Å². The van der Waals surface area contributed by atoms with Gasteiger partial charge in [-0.25, -0.2) is 4.39 Å². The average Bonchev–Trinajstić information content (AvgIpc) is 2.76.